The Bertz CT molecular complexity index is 117. The first kappa shape index (κ1) is 7.23. The molecule has 0 aliphatic heterocycles. The molecule has 0 bridgehead atoms. The summed E-state index contributed by atoms with van der Waals surface area (Å²) in [6, 6.07) is 0. The summed E-state index contributed by atoms with van der Waals surface area (Å²) in [5.74, 6) is 1.92. The van der Waals surface area contributed by atoms with Crippen molar-refractivity contribution in [1.82, 2.24) is 0 Å². The number of allylic oxidation sites excluding steroid dienone is 2. The van der Waals surface area contributed by atoms with Crippen molar-refractivity contribution in [3.63, 3.8) is 0 Å². The minimum atomic E-state index is -0.199. The fourth-order valence-electron chi connectivity index (χ4n) is 0.401. The van der Waals surface area contributed by atoms with E-state index in [9.17, 15) is 4.39 Å². The summed E-state index contributed by atoms with van der Waals surface area (Å²) in [7, 11) is 0. The second-order valence-corrected chi connectivity index (χ2v) is 1.51. The fraction of sp³-hybridized carbons (Fsp3) is 0.429. The number of halogens is 1. The van der Waals surface area contributed by atoms with Gasteiger partial charge in [0.25, 0.3) is 0 Å². The lowest BCUT2D eigenvalue weighted by atomic mass is 10.3. The highest BCUT2D eigenvalue weighted by Crippen LogP contribution is 2.03. The van der Waals surface area contributed by atoms with Crippen LogP contribution in [0, 0.1) is 12.3 Å². The maximum Gasteiger partial charge on any atom is 0.108 e. The Morgan fingerprint density at radius 1 is 1.88 bits per heavy atom. The van der Waals surface area contributed by atoms with Crippen LogP contribution in [0.3, 0.4) is 0 Å². The molecule has 0 rings (SSSR count). The third-order valence-electron chi connectivity index (χ3n) is 0.729. The average molecular weight is 112 g/mol. The number of terminal acetylenes is 1. The fourth-order valence-corrected chi connectivity index (χ4v) is 0.401. The SMILES string of the molecule is C#C/C=C(/F)CCC. The highest BCUT2D eigenvalue weighted by molar-refractivity contribution is 5.12. The molecule has 0 nitrogen and oxygen atoms in total. The van der Waals surface area contributed by atoms with Gasteiger partial charge in [-0.2, -0.15) is 0 Å². The Kier molecular flexibility index (Phi) is 3.97. The van der Waals surface area contributed by atoms with Gasteiger partial charge in [0.05, 0.1) is 0 Å². The topological polar surface area (TPSA) is 0 Å². The molecule has 8 heavy (non-hydrogen) atoms. The van der Waals surface area contributed by atoms with Crippen LogP contribution in [0.25, 0.3) is 0 Å². The van der Waals surface area contributed by atoms with Crippen molar-refractivity contribution < 1.29 is 4.39 Å². The van der Waals surface area contributed by atoms with Crippen molar-refractivity contribution in [1.29, 1.82) is 0 Å². The van der Waals surface area contributed by atoms with Crippen LogP contribution in [0.4, 0.5) is 4.39 Å². The quantitative estimate of drug-likeness (QED) is 0.481. The summed E-state index contributed by atoms with van der Waals surface area (Å²) in [5, 5.41) is 0. The number of hydrogen-bond acceptors (Lipinski definition) is 0. The second-order valence-electron chi connectivity index (χ2n) is 1.51. The van der Waals surface area contributed by atoms with Gasteiger partial charge >= 0.3 is 0 Å². The molecule has 0 unspecified atom stereocenters. The monoisotopic (exact) mass is 112 g/mol. The standard InChI is InChI=1S/C7H9F/c1-3-5-7(8)6-4-2/h1,5H,4,6H2,2H3/b7-5+. The molecule has 0 spiro atoms. The average Bonchev–Trinajstić information content (AvgIpc) is 1.68. The molecular formula is C7H9F. The maximum atomic E-state index is 12.1. The molecule has 0 aliphatic carbocycles. The van der Waals surface area contributed by atoms with E-state index in [1.165, 1.54) is 0 Å². The molecule has 0 N–H and O–H groups in total. The minimum Gasteiger partial charge on any atom is -0.211 e. The molecule has 0 atom stereocenters. The van der Waals surface area contributed by atoms with Crippen molar-refractivity contribution >= 4 is 0 Å². The van der Waals surface area contributed by atoms with E-state index in [2.05, 4.69) is 5.92 Å². The van der Waals surface area contributed by atoms with E-state index in [1.54, 1.807) is 0 Å². The van der Waals surface area contributed by atoms with Gasteiger partial charge in [-0.1, -0.05) is 12.8 Å². The summed E-state index contributed by atoms with van der Waals surface area (Å²) >= 11 is 0. The van der Waals surface area contributed by atoms with Gasteiger partial charge in [-0.3, -0.25) is 0 Å². The Balaban J connectivity index is 3.49. The van der Waals surface area contributed by atoms with Crippen molar-refractivity contribution in [3.8, 4) is 12.3 Å². The zero-order valence-corrected chi connectivity index (χ0v) is 4.95. The van der Waals surface area contributed by atoms with E-state index in [0.717, 1.165) is 12.5 Å². The van der Waals surface area contributed by atoms with Crippen LogP contribution >= 0.6 is 0 Å². The van der Waals surface area contributed by atoms with Gasteiger partial charge in [0.1, 0.15) is 5.83 Å². The van der Waals surface area contributed by atoms with Gasteiger partial charge in [-0.15, -0.1) is 6.42 Å². The van der Waals surface area contributed by atoms with Crippen molar-refractivity contribution in [3.05, 3.63) is 11.9 Å². The van der Waals surface area contributed by atoms with Gasteiger partial charge in [-0.25, -0.2) is 4.39 Å². The molecule has 0 aromatic carbocycles. The number of rotatable bonds is 2. The molecular weight excluding hydrogens is 103 g/mol. The van der Waals surface area contributed by atoms with Crippen LogP contribution in [-0.4, -0.2) is 0 Å². The Morgan fingerprint density at radius 3 is 2.88 bits per heavy atom. The van der Waals surface area contributed by atoms with Crippen LogP contribution in [0.15, 0.2) is 11.9 Å². The van der Waals surface area contributed by atoms with Crippen LogP contribution in [0.2, 0.25) is 0 Å². The highest BCUT2D eigenvalue weighted by atomic mass is 19.1. The Hall–Kier alpha value is -0.770. The molecule has 0 radical (unpaired) electrons. The molecule has 0 saturated carbocycles. The maximum absolute atomic E-state index is 12.1. The van der Waals surface area contributed by atoms with E-state index in [-0.39, 0.29) is 5.83 Å². The third kappa shape index (κ3) is 3.42. The smallest absolute Gasteiger partial charge is 0.108 e. The molecule has 0 aromatic heterocycles. The highest BCUT2D eigenvalue weighted by Gasteiger charge is 1.86. The first-order valence-corrected chi connectivity index (χ1v) is 2.62. The molecule has 0 fully saturated rings. The predicted molar refractivity (Wildman–Crippen MR) is 32.9 cm³/mol. The van der Waals surface area contributed by atoms with Crippen molar-refractivity contribution in [2.45, 2.75) is 19.8 Å². The van der Waals surface area contributed by atoms with Crippen LogP contribution < -0.4 is 0 Å². The molecule has 44 valence electrons. The van der Waals surface area contributed by atoms with Crippen molar-refractivity contribution in [2.24, 2.45) is 0 Å². The van der Waals surface area contributed by atoms with E-state index < -0.39 is 0 Å². The molecule has 0 aliphatic rings. The molecule has 0 aromatic rings. The van der Waals surface area contributed by atoms with E-state index in [4.69, 9.17) is 6.42 Å². The molecule has 0 amide bonds. The molecule has 0 saturated heterocycles. The van der Waals surface area contributed by atoms with Gasteiger partial charge < -0.3 is 0 Å². The first-order chi connectivity index (χ1) is 3.81. The summed E-state index contributed by atoms with van der Waals surface area (Å²) < 4.78 is 12.1. The first-order valence-electron chi connectivity index (χ1n) is 2.62. The molecule has 0 heterocycles. The van der Waals surface area contributed by atoms with Gasteiger partial charge in [0.2, 0.25) is 0 Å². The van der Waals surface area contributed by atoms with Gasteiger partial charge in [0, 0.05) is 6.08 Å². The lowest BCUT2D eigenvalue weighted by Crippen LogP contribution is -1.69. The molecule has 1 heteroatoms. The summed E-state index contributed by atoms with van der Waals surface area (Å²) in [6.07, 6.45) is 7.22. The second kappa shape index (κ2) is 4.39. The normalized spacial score (nSPS) is 10.9. The lowest BCUT2D eigenvalue weighted by molar-refractivity contribution is 0.585. The lowest BCUT2D eigenvalue weighted by Gasteiger charge is -1.85. The summed E-state index contributed by atoms with van der Waals surface area (Å²) in [5.41, 5.74) is 0. The Morgan fingerprint density at radius 2 is 2.50 bits per heavy atom. The summed E-state index contributed by atoms with van der Waals surface area (Å²) in [4.78, 5) is 0. The van der Waals surface area contributed by atoms with Crippen LogP contribution in [0.5, 0.6) is 0 Å². The van der Waals surface area contributed by atoms with Crippen LogP contribution in [0.1, 0.15) is 19.8 Å². The van der Waals surface area contributed by atoms with Gasteiger partial charge in [-0.05, 0) is 12.8 Å². The van der Waals surface area contributed by atoms with Crippen LogP contribution in [-0.2, 0) is 0 Å². The minimum absolute atomic E-state index is 0.199. The largest absolute Gasteiger partial charge is 0.211 e. The predicted octanol–water partition coefficient (Wildman–Crippen LogP) is 2.27. The van der Waals surface area contributed by atoms with E-state index in [0.29, 0.717) is 6.42 Å². The summed E-state index contributed by atoms with van der Waals surface area (Å²) in [6.45, 7) is 1.91. The zero-order chi connectivity index (χ0) is 6.41. The van der Waals surface area contributed by atoms with Gasteiger partial charge in [0.15, 0.2) is 0 Å². The van der Waals surface area contributed by atoms with E-state index in [1.807, 2.05) is 6.92 Å². The number of hydrogen-bond donors (Lipinski definition) is 0. The van der Waals surface area contributed by atoms with E-state index >= 15 is 0 Å². The van der Waals surface area contributed by atoms with Crippen molar-refractivity contribution in [2.75, 3.05) is 0 Å². The Labute approximate surface area is 49.4 Å². The third-order valence-corrected chi connectivity index (χ3v) is 0.729. The zero-order valence-electron chi connectivity index (χ0n) is 4.95.